The van der Waals surface area contributed by atoms with E-state index in [0.717, 1.165) is 28.1 Å². The number of benzene rings is 1. The maximum absolute atomic E-state index is 10.5. The number of nitrogens with zero attached hydrogens (tertiary/aromatic N) is 4. The number of hydrogen-bond acceptors (Lipinski definition) is 9. The minimum Gasteiger partial charge on any atom is -0.496 e. The number of aliphatic hydroxyl groups is 1. The van der Waals surface area contributed by atoms with Gasteiger partial charge in [0.1, 0.15) is 18.0 Å². The van der Waals surface area contributed by atoms with Crippen LogP contribution in [0.4, 0.5) is 5.13 Å². The van der Waals surface area contributed by atoms with Gasteiger partial charge in [0, 0.05) is 24.5 Å². The third-order valence-electron chi connectivity index (χ3n) is 4.98. The summed E-state index contributed by atoms with van der Waals surface area (Å²) in [5.41, 5.74) is 2.97. The van der Waals surface area contributed by atoms with Crippen molar-refractivity contribution in [3.8, 4) is 22.1 Å². The van der Waals surface area contributed by atoms with Crippen LogP contribution in [0.1, 0.15) is 30.8 Å². The fourth-order valence-corrected chi connectivity index (χ4v) is 3.92. The van der Waals surface area contributed by atoms with Gasteiger partial charge in [-0.05, 0) is 60.6 Å². The summed E-state index contributed by atoms with van der Waals surface area (Å²) < 4.78 is 11.2. The summed E-state index contributed by atoms with van der Waals surface area (Å²) in [6.07, 6.45) is 3.33. The summed E-state index contributed by atoms with van der Waals surface area (Å²) in [6, 6.07) is 13.2. The van der Waals surface area contributed by atoms with Crippen LogP contribution >= 0.6 is 22.9 Å². The topological polar surface area (TPSA) is 102 Å². The summed E-state index contributed by atoms with van der Waals surface area (Å²) in [5.74, 6) is 0.735. The van der Waals surface area contributed by atoms with Crippen LogP contribution in [0.25, 0.3) is 11.1 Å². The molecule has 176 valence electrons. The van der Waals surface area contributed by atoms with Crippen LogP contribution in [-0.4, -0.2) is 32.4 Å². The number of nitrogens with one attached hydrogen (secondary N) is 1. The molecule has 0 saturated carbocycles. The fourth-order valence-electron chi connectivity index (χ4n) is 3.21. The van der Waals surface area contributed by atoms with Crippen molar-refractivity contribution in [3.05, 3.63) is 76.8 Å². The lowest BCUT2D eigenvalue weighted by Gasteiger charge is -2.20. The minimum absolute atomic E-state index is 0.270. The summed E-state index contributed by atoms with van der Waals surface area (Å²) in [6.45, 7) is 4.13. The fraction of sp³-hybridized carbons (Fsp3) is 0.250. The molecule has 4 aromatic rings. The first-order valence-corrected chi connectivity index (χ1v) is 11.7. The number of hydrogen-bond donors (Lipinski definition) is 2. The van der Waals surface area contributed by atoms with E-state index in [1.807, 2.05) is 30.3 Å². The minimum atomic E-state index is -1.08. The largest absolute Gasteiger partial charge is 0.496 e. The monoisotopic (exact) mass is 497 g/mol. The predicted octanol–water partition coefficient (Wildman–Crippen LogP) is 5.08. The van der Waals surface area contributed by atoms with Gasteiger partial charge >= 0.3 is 0 Å². The summed E-state index contributed by atoms with van der Waals surface area (Å²) in [4.78, 5) is 8.68. The molecule has 2 N–H and O–H groups in total. The van der Waals surface area contributed by atoms with Crippen LogP contribution in [0, 0.1) is 0 Å². The molecule has 8 nitrogen and oxygen atoms in total. The van der Waals surface area contributed by atoms with Crippen molar-refractivity contribution in [2.75, 3.05) is 12.4 Å². The Kier molecular flexibility index (Phi) is 7.26. The van der Waals surface area contributed by atoms with E-state index in [1.165, 1.54) is 11.3 Å². The van der Waals surface area contributed by atoms with E-state index in [0.29, 0.717) is 27.6 Å². The van der Waals surface area contributed by atoms with Crippen molar-refractivity contribution in [1.82, 2.24) is 20.2 Å². The zero-order chi connectivity index (χ0) is 24.1. The second kappa shape index (κ2) is 10.3. The maximum Gasteiger partial charge on any atom is 0.296 e. The SMILES string of the molecule is COc1ccccc1-c1cc(C(C)(C)O)ncc1CNc1nnc(OCc2ccc(Cl)cn2)s1. The Balaban J connectivity index is 1.51. The number of rotatable bonds is 9. The molecule has 3 aromatic heterocycles. The van der Waals surface area contributed by atoms with Crippen LogP contribution in [-0.2, 0) is 18.8 Å². The lowest BCUT2D eigenvalue weighted by Crippen LogP contribution is -2.18. The number of para-hydroxylation sites is 1. The molecule has 0 amide bonds. The molecule has 3 heterocycles. The van der Waals surface area contributed by atoms with Gasteiger partial charge in [-0.3, -0.25) is 9.97 Å². The Morgan fingerprint density at radius 2 is 1.88 bits per heavy atom. The summed E-state index contributed by atoms with van der Waals surface area (Å²) >= 11 is 7.16. The zero-order valence-corrected chi connectivity index (χ0v) is 20.5. The number of aromatic nitrogens is 4. The van der Waals surface area contributed by atoms with Crippen LogP contribution in [0.3, 0.4) is 0 Å². The van der Waals surface area contributed by atoms with Gasteiger partial charge in [-0.25, -0.2) is 0 Å². The molecule has 0 atom stereocenters. The van der Waals surface area contributed by atoms with Crippen LogP contribution in [0.5, 0.6) is 10.9 Å². The van der Waals surface area contributed by atoms with E-state index in [2.05, 4.69) is 25.5 Å². The standard InChI is InChI=1S/C24H24ClN5O3S/c1-24(2,31)21-10-19(18-6-4-5-7-20(18)32-3)15(11-27-21)12-28-22-29-30-23(34-22)33-14-17-9-8-16(25)13-26-17/h4-11,13,31H,12,14H2,1-3H3,(H,28,29). The lowest BCUT2D eigenvalue weighted by atomic mass is 9.95. The van der Waals surface area contributed by atoms with E-state index >= 15 is 0 Å². The second-order valence-corrected chi connectivity index (χ2v) is 9.35. The highest BCUT2D eigenvalue weighted by atomic mass is 35.5. The third-order valence-corrected chi connectivity index (χ3v) is 6.00. The number of methoxy groups -OCH3 is 1. The Labute approximate surface area is 206 Å². The van der Waals surface area contributed by atoms with Crippen molar-refractivity contribution in [1.29, 1.82) is 0 Å². The molecule has 0 bridgehead atoms. The normalized spacial score (nSPS) is 11.3. The van der Waals surface area contributed by atoms with Gasteiger partial charge in [0.15, 0.2) is 0 Å². The van der Waals surface area contributed by atoms with Gasteiger partial charge in [-0.2, -0.15) is 0 Å². The quantitative estimate of drug-likeness (QED) is 0.330. The molecule has 0 aliphatic carbocycles. The highest BCUT2D eigenvalue weighted by Gasteiger charge is 2.21. The van der Waals surface area contributed by atoms with E-state index in [1.54, 1.807) is 45.5 Å². The average Bonchev–Trinajstić information content (AvgIpc) is 3.29. The van der Waals surface area contributed by atoms with Gasteiger partial charge in [0.25, 0.3) is 5.19 Å². The number of ether oxygens (including phenoxy) is 2. The molecule has 0 fully saturated rings. The van der Waals surface area contributed by atoms with Crippen LogP contribution in [0.2, 0.25) is 5.02 Å². The molecule has 0 radical (unpaired) electrons. The van der Waals surface area contributed by atoms with Gasteiger partial charge in [0.05, 0.1) is 23.5 Å². The molecule has 34 heavy (non-hydrogen) atoms. The number of pyridine rings is 2. The van der Waals surface area contributed by atoms with Crippen molar-refractivity contribution >= 4 is 28.1 Å². The van der Waals surface area contributed by atoms with Gasteiger partial charge in [0.2, 0.25) is 5.13 Å². The molecule has 0 spiro atoms. The summed E-state index contributed by atoms with van der Waals surface area (Å²) in [7, 11) is 1.64. The molecule has 1 aromatic carbocycles. The Hall–Kier alpha value is -3.27. The molecule has 10 heteroatoms. The molecule has 4 rings (SSSR count). The Morgan fingerprint density at radius 1 is 1.06 bits per heavy atom. The Morgan fingerprint density at radius 3 is 2.62 bits per heavy atom. The third kappa shape index (κ3) is 5.80. The van der Waals surface area contributed by atoms with Gasteiger partial charge < -0.3 is 19.9 Å². The maximum atomic E-state index is 10.5. The van der Waals surface area contributed by atoms with Gasteiger partial charge in [-0.15, -0.1) is 5.10 Å². The first-order chi connectivity index (χ1) is 16.3. The predicted molar refractivity (Wildman–Crippen MR) is 132 cm³/mol. The van der Waals surface area contributed by atoms with E-state index in [-0.39, 0.29) is 6.61 Å². The first-order valence-electron chi connectivity index (χ1n) is 10.5. The first kappa shape index (κ1) is 23.9. The van der Waals surface area contributed by atoms with Crippen molar-refractivity contribution < 1.29 is 14.6 Å². The lowest BCUT2D eigenvalue weighted by molar-refractivity contribution is 0.0739. The molecule has 0 aliphatic rings. The second-order valence-electron chi connectivity index (χ2n) is 7.97. The molecular weight excluding hydrogens is 474 g/mol. The molecule has 0 unspecified atom stereocenters. The molecular formula is C24H24ClN5O3S. The number of halogens is 1. The highest BCUT2D eigenvalue weighted by molar-refractivity contribution is 7.16. The van der Waals surface area contributed by atoms with E-state index in [9.17, 15) is 5.11 Å². The molecule has 0 saturated heterocycles. The van der Waals surface area contributed by atoms with Crippen molar-refractivity contribution in [2.24, 2.45) is 0 Å². The van der Waals surface area contributed by atoms with Crippen LogP contribution < -0.4 is 14.8 Å². The van der Waals surface area contributed by atoms with E-state index < -0.39 is 5.60 Å². The summed E-state index contributed by atoms with van der Waals surface area (Å²) in [5, 5.41) is 23.6. The molecule has 0 aliphatic heterocycles. The number of anilines is 1. The highest BCUT2D eigenvalue weighted by Crippen LogP contribution is 2.35. The van der Waals surface area contributed by atoms with E-state index in [4.69, 9.17) is 21.1 Å². The zero-order valence-electron chi connectivity index (χ0n) is 18.9. The van der Waals surface area contributed by atoms with Crippen molar-refractivity contribution in [2.45, 2.75) is 32.6 Å². The van der Waals surface area contributed by atoms with Crippen LogP contribution in [0.15, 0.2) is 54.9 Å². The Bertz CT molecular complexity index is 1260. The smallest absolute Gasteiger partial charge is 0.296 e. The van der Waals surface area contributed by atoms with Gasteiger partial charge in [-0.1, -0.05) is 34.9 Å². The van der Waals surface area contributed by atoms with Crippen molar-refractivity contribution in [3.63, 3.8) is 0 Å². The average molecular weight is 498 g/mol.